The molecule has 1 fully saturated rings. The normalized spacial score (nSPS) is 20.5. The van der Waals surface area contributed by atoms with Crippen LogP contribution in [0.3, 0.4) is 0 Å². The van der Waals surface area contributed by atoms with Crippen LogP contribution in [0.4, 0.5) is 0 Å². The van der Waals surface area contributed by atoms with Crippen molar-refractivity contribution in [3.05, 3.63) is 35.4 Å². The lowest BCUT2D eigenvalue weighted by Gasteiger charge is -2.25. The lowest BCUT2D eigenvalue weighted by Crippen LogP contribution is -2.34. The van der Waals surface area contributed by atoms with Crippen LogP contribution in [-0.4, -0.2) is 37.2 Å². The number of likely N-dealkylation sites (N-methyl/N-ethyl adjacent to an activating group) is 1. The molecule has 1 aliphatic rings. The fraction of sp³-hybridized carbons (Fsp3) is 0.647. The van der Waals surface area contributed by atoms with Gasteiger partial charge < -0.3 is 15.4 Å². The summed E-state index contributed by atoms with van der Waals surface area (Å²) in [5.41, 5.74) is 8.92. The molecule has 0 aliphatic carbocycles. The number of hydrogen-bond donors (Lipinski definition) is 1. The number of hydrogen-bond acceptors (Lipinski definition) is 3. The molecule has 112 valence electrons. The average molecular weight is 276 g/mol. The summed E-state index contributed by atoms with van der Waals surface area (Å²) in [5, 5.41) is 0. The Hall–Kier alpha value is -0.900. The summed E-state index contributed by atoms with van der Waals surface area (Å²) in [7, 11) is 0. The maximum absolute atomic E-state index is 6.35. The van der Waals surface area contributed by atoms with Gasteiger partial charge >= 0.3 is 0 Å². The largest absolute Gasteiger partial charge is 0.377 e. The number of benzene rings is 1. The molecular weight excluding hydrogens is 248 g/mol. The van der Waals surface area contributed by atoms with E-state index in [9.17, 15) is 0 Å². The molecule has 3 nitrogen and oxygen atoms in total. The van der Waals surface area contributed by atoms with E-state index in [4.69, 9.17) is 10.5 Å². The molecule has 1 saturated heterocycles. The molecule has 1 aliphatic heterocycles. The molecule has 0 radical (unpaired) electrons. The van der Waals surface area contributed by atoms with Crippen LogP contribution < -0.4 is 5.73 Å². The first-order valence-corrected chi connectivity index (χ1v) is 7.85. The highest BCUT2D eigenvalue weighted by Crippen LogP contribution is 2.19. The van der Waals surface area contributed by atoms with Crippen LogP contribution in [0.15, 0.2) is 24.3 Å². The maximum atomic E-state index is 6.35. The van der Waals surface area contributed by atoms with Gasteiger partial charge in [-0.1, -0.05) is 31.2 Å². The van der Waals surface area contributed by atoms with Crippen molar-refractivity contribution in [2.24, 2.45) is 5.73 Å². The van der Waals surface area contributed by atoms with Crippen molar-refractivity contribution in [1.29, 1.82) is 0 Å². The van der Waals surface area contributed by atoms with Crippen molar-refractivity contribution in [1.82, 2.24) is 4.90 Å². The number of ether oxygens (including phenoxy) is 1. The van der Waals surface area contributed by atoms with Crippen LogP contribution >= 0.6 is 0 Å². The Bertz CT molecular complexity index is 402. The van der Waals surface area contributed by atoms with Crippen LogP contribution in [0.25, 0.3) is 0 Å². The fourth-order valence-electron chi connectivity index (χ4n) is 2.93. The van der Waals surface area contributed by atoms with Gasteiger partial charge in [0.15, 0.2) is 0 Å². The molecule has 0 aromatic heterocycles. The van der Waals surface area contributed by atoms with Crippen molar-refractivity contribution in [2.45, 2.75) is 45.3 Å². The van der Waals surface area contributed by atoms with Crippen LogP contribution in [-0.2, 0) is 4.74 Å². The van der Waals surface area contributed by atoms with E-state index in [1.165, 1.54) is 24.0 Å². The van der Waals surface area contributed by atoms with Gasteiger partial charge in [0.25, 0.3) is 0 Å². The van der Waals surface area contributed by atoms with E-state index in [0.29, 0.717) is 6.10 Å². The van der Waals surface area contributed by atoms with Gasteiger partial charge in [0.1, 0.15) is 0 Å². The van der Waals surface area contributed by atoms with Gasteiger partial charge in [-0.15, -0.1) is 0 Å². The van der Waals surface area contributed by atoms with Gasteiger partial charge in [0.05, 0.1) is 6.10 Å². The van der Waals surface area contributed by atoms with Crippen LogP contribution in [0.1, 0.15) is 43.4 Å². The van der Waals surface area contributed by atoms with Crippen molar-refractivity contribution >= 4 is 0 Å². The molecule has 2 N–H and O–H groups in total. The average Bonchev–Trinajstić information content (AvgIpc) is 2.96. The fourth-order valence-corrected chi connectivity index (χ4v) is 2.93. The van der Waals surface area contributed by atoms with Crippen LogP contribution in [0.2, 0.25) is 0 Å². The van der Waals surface area contributed by atoms with Crippen LogP contribution in [0, 0.1) is 6.92 Å². The van der Waals surface area contributed by atoms with E-state index in [-0.39, 0.29) is 6.04 Å². The van der Waals surface area contributed by atoms with E-state index in [2.05, 4.69) is 43.0 Å². The molecule has 0 bridgehead atoms. The topological polar surface area (TPSA) is 38.5 Å². The number of nitrogens with zero attached hydrogens (tertiary/aromatic N) is 1. The van der Waals surface area contributed by atoms with Gasteiger partial charge in [-0.05, 0) is 43.9 Å². The first kappa shape index (κ1) is 15.5. The predicted octanol–water partition coefficient (Wildman–Crippen LogP) is 2.89. The first-order valence-electron chi connectivity index (χ1n) is 7.85. The third-order valence-electron chi connectivity index (χ3n) is 4.28. The molecule has 3 heteroatoms. The Kier molecular flexibility index (Phi) is 6.02. The zero-order valence-corrected chi connectivity index (χ0v) is 12.8. The third kappa shape index (κ3) is 4.30. The zero-order valence-electron chi connectivity index (χ0n) is 12.8. The molecule has 1 aromatic carbocycles. The van der Waals surface area contributed by atoms with E-state index in [1.54, 1.807) is 0 Å². The Labute approximate surface area is 123 Å². The van der Waals surface area contributed by atoms with Crippen molar-refractivity contribution in [2.75, 3.05) is 26.2 Å². The van der Waals surface area contributed by atoms with Gasteiger partial charge in [-0.3, -0.25) is 0 Å². The Balaban J connectivity index is 1.81. The molecule has 20 heavy (non-hydrogen) atoms. The lowest BCUT2D eigenvalue weighted by atomic mass is 9.99. The smallest absolute Gasteiger partial charge is 0.0702 e. The number of nitrogens with two attached hydrogens (primary N) is 1. The van der Waals surface area contributed by atoms with Gasteiger partial charge in [-0.2, -0.15) is 0 Å². The van der Waals surface area contributed by atoms with E-state index in [0.717, 1.165) is 32.7 Å². The summed E-state index contributed by atoms with van der Waals surface area (Å²) in [6.07, 6.45) is 3.86. The van der Waals surface area contributed by atoms with Crippen LogP contribution in [0.5, 0.6) is 0 Å². The molecule has 2 atom stereocenters. The standard InChI is InChI=1S/C17H28N2O/c1-3-19(13-15-8-6-12-20-15)11-10-17(18)16-9-5-4-7-14(16)2/h4-5,7,9,15,17H,3,6,8,10-13,18H2,1-2H3. The van der Waals surface area contributed by atoms with Gasteiger partial charge in [0.2, 0.25) is 0 Å². The molecule has 1 aromatic rings. The summed E-state index contributed by atoms with van der Waals surface area (Å²) < 4.78 is 5.72. The molecule has 0 saturated carbocycles. The molecule has 0 spiro atoms. The molecule has 2 rings (SSSR count). The minimum absolute atomic E-state index is 0.134. The Morgan fingerprint density at radius 1 is 1.40 bits per heavy atom. The summed E-state index contributed by atoms with van der Waals surface area (Å²) in [4.78, 5) is 2.47. The summed E-state index contributed by atoms with van der Waals surface area (Å²) in [6.45, 7) is 8.46. The maximum Gasteiger partial charge on any atom is 0.0702 e. The SMILES string of the molecule is CCN(CCC(N)c1ccccc1C)CC1CCCO1. The highest BCUT2D eigenvalue weighted by Gasteiger charge is 2.19. The van der Waals surface area contributed by atoms with Gasteiger partial charge in [-0.25, -0.2) is 0 Å². The highest BCUT2D eigenvalue weighted by atomic mass is 16.5. The lowest BCUT2D eigenvalue weighted by molar-refractivity contribution is 0.0738. The molecule has 0 amide bonds. The quantitative estimate of drug-likeness (QED) is 0.832. The summed E-state index contributed by atoms with van der Waals surface area (Å²) in [6, 6.07) is 8.57. The van der Waals surface area contributed by atoms with Crippen molar-refractivity contribution < 1.29 is 4.74 Å². The zero-order chi connectivity index (χ0) is 14.4. The van der Waals surface area contributed by atoms with Gasteiger partial charge in [0, 0.05) is 25.7 Å². The monoisotopic (exact) mass is 276 g/mol. The van der Waals surface area contributed by atoms with Crippen molar-refractivity contribution in [3.63, 3.8) is 0 Å². The minimum Gasteiger partial charge on any atom is -0.377 e. The number of rotatable bonds is 7. The van der Waals surface area contributed by atoms with Crippen molar-refractivity contribution in [3.8, 4) is 0 Å². The second kappa shape index (κ2) is 7.77. The second-order valence-corrected chi connectivity index (χ2v) is 5.78. The molecular formula is C17H28N2O. The first-order chi connectivity index (χ1) is 9.70. The Morgan fingerprint density at radius 3 is 2.85 bits per heavy atom. The second-order valence-electron chi connectivity index (χ2n) is 5.78. The molecule has 2 unspecified atom stereocenters. The predicted molar refractivity (Wildman–Crippen MR) is 83.8 cm³/mol. The molecule has 1 heterocycles. The highest BCUT2D eigenvalue weighted by molar-refractivity contribution is 5.28. The number of aryl methyl sites for hydroxylation is 1. The van der Waals surface area contributed by atoms with E-state index >= 15 is 0 Å². The summed E-state index contributed by atoms with van der Waals surface area (Å²) >= 11 is 0. The van der Waals surface area contributed by atoms with E-state index < -0.39 is 0 Å². The summed E-state index contributed by atoms with van der Waals surface area (Å²) in [5.74, 6) is 0. The van der Waals surface area contributed by atoms with E-state index in [1.807, 2.05) is 0 Å². The third-order valence-corrected chi connectivity index (χ3v) is 4.28. The Morgan fingerprint density at radius 2 is 2.20 bits per heavy atom. The minimum atomic E-state index is 0.134.